The zero-order valence-electron chi connectivity index (χ0n) is 14.6. The van der Waals surface area contributed by atoms with Crippen molar-refractivity contribution in [1.82, 2.24) is 0 Å². The first-order valence-corrected chi connectivity index (χ1v) is 9.45. The van der Waals surface area contributed by atoms with Gasteiger partial charge in [-0.25, -0.2) is 0 Å². The van der Waals surface area contributed by atoms with Gasteiger partial charge in [-0.05, 0) is 45.8 Å². The van der Waals surface area contributed by atoms with E-state index in [1.165, 1.54) is 6.92 Å². The van der Waals surface area contributed by atoms with Crippen molar-refractivity contribution in [3.63, 3.8) is 0 Å². The molecule has 3 nitrogen and oxygen atoms in total. The fourth-order valence-corrected chi connectivity index (χ4v) is 4.51. The fraction of sp³-hybridized carbons (Fsp3) is 0.529. The maximum atomic E-state index is 13.6. The van der Waals surface area contributed by atoms with Crippen molar-refractivity contribution >= 4 is 13.2 Å². The zero-order chi connectivity index (χ0) is 18.5. The van der Waals surface area contributed by atoms with Crippen molar-refractivity contribution in [2.45, 2.75) is 53.0 Å². The predicted octanol–water partition coefficient (Wildman–Crippen LogP) is 6.07. The summed E-state index contributed by atoms with van der Waals surface area (Å²) < 4.78 is 64.1. The third kappa shape index (κ3) is 6.42. The molecule has 7 heteroatoms. The van der Waals surface area contributed by atoms with Crippen molar-refractivity contribution < 1.29 is 26.8 Å². The number of benzene rings is 1. The Balaban J connectivity index is 3.33. The minimum Gasteiger partial charge on any atom is -0.306 e. The molecule has 1 rings (SSSR count). The smallest absolute Gasteiger partial charge is 0.306 e. The highest BCUT2D eigenvalue weighted by Crippen LogP contribution is 2.54. The SMILES string of the molecule is C/C(=C(\CP(=O)(OC(C)C)OC(C)C)C(F)(F)F)c1ccccc1. The summed E-state index contributed by atoms with van der Waals surface area (Å²) in [5, 5.41) is 0. The molecule has 1 aromatic carbocycles. The van der Waals surface area contributed by atoms with Crippen LogP contribution in [-0.2, 0) is 13.6 Å². The minimum atomic E-state index is -4.63. The first kappa shape index (κ1) is 20.9. The summed E-state index contributed by atoms with van der Waals surface area (Å²) in [7, 11) is -3.94. The summed E-state index contributed by atoms with van der Waals surface area (Å²) in [6.45, 7) is 7.80. The first-order valence-electron chi connectivity index (χ1n) is 7.73. The summed E-state index contributed by atoms with van der Waals surface area (Å²) in [5.41, 5.74) is -0.452. The van der Waals surface area contributed by atoms with Gasteiger partial charge in [-0.1, -0.05) is 30.3 Å². The molecule has 24 heavy (non-hydrogen) atoms. The second kappa shape index (κ2) is 8.32. The van der Waals surface area contributed by atoms with Gasteiger partial charge in [-0.3, -0.25) is 4.57 Å². The highest BCUT2D eigenvalue weighted by atomic mass is 31.2. The van der Waals surface area contributed by atoms with Crippen LogP contribution in [-0.4, -0.2) is 24.5 Å². The summed E-state index contributed by atoms with van der Waals surface area (Å²) >= 11 is 0. The van der Waals surface area contributed by atoms with Gasteiger partial charge in [0.1, 0.15) is 0 Å². The van der Waals surface area contributed by atoms with Crippen LogP contribution < -0.4 is 0 Å². The fourth-order valence-electron chi connectivity index (χ4n) is 2.22. The molecule has 0 spiro atoms. The summed E-state index contributed by atoms with van der Waals surface area (Å²) in [5.74, 6) is 0. The van der Waals surface area contributed by atoms with E-state index in [-0.39, 0.29) is 5.57 Å². The predicted molar refractivity (Wildman–Crippen MR) is 90.0 cm³/mol. The third-order valence-electron chi connectivity index (χ3n) is 3.10. The molecular weight excluding hydrogens is 340 g/mol. The molecule has 0 unspecified atom stereocenters. The van der Waals surface area contributed by atoms with Gasteiger partial charge in [0.25, 0.3) is 0 Å². The lowest BCUT2D eigenvalue weighted by atomic mass is 10.0. The van der Waals surface area contributed by atoms with Crippen LogP contribution in [0.2, 0.25) is 0 Å². The Morgan fingerprint density at radius 3 is 1.88 bits per heavy atom. The second-order valence-electron chi connectivity index (χ2n) is 6.04. The molecule has 0 bridgehead atoms. The van der Waals surface area contributed by atoms with Crippen LogP contribution in [0, 0.1) is 0 Å². The Morgan fingerprint density at radius 1 is 1.04 bits per heavy atom. The maximum absolute atomic E-state index is 13.6. The molecule has 0 heterocycles. The molecule has 1 aromatic rings. The van der Waals surface area contributed by atoms with Gasteiger partial charge in [0, 0.05) is 5.57 Å². The van der Waals surface area contributed by atoms with Crippen LogP contribution >= 0.6 is 7.60 Å². The van der Waals surface area contributed by atoms with Gasteiger partial charge in [0.15, 0.2) is 0 Å². The zero-order valence-corrected chi connectivity index (χ0v) is 15.4. The van der Waals surface area contributed by atoms with E-state index in [0.717, 1.165) is 0 Å². The van der Waals surface area contributed by atoms with Gasteiger partial charge in [-0.2, -0.15) is 13.2 Å². The van der Waals surface area contributed by atoms with Crippen LogP contribution in [0.15, 0.2) is 35.9 Å². The monoisotopic (exact) mass is 364 g/mol. The number of hydrogen-bond acceptors (Lipinski definition) is 3. The molecular formula is C17H24F3O3P. The second-order valence-corrected chi connectivity index (χ2v) is 8.00. The number of alkyl halides is 3. The van der Waals surface area contributed by atoms with Crippen molar-refractivity contribution in [1.29, 1.82) is 0 Å². The van der Waals surface area contributed by atoms with Gasteiger partial charge in [0.05, 0.1) is 18.4 Å². The summed E-state index contributed by atoms with van der Waals surface area (Å²) in [6.07, 6.45) is -6.47. The number of rotatable bonds is 7. The van der Waals surface area contributed by atoms with Crippen LogP contribution in [0.4, 0.5) is 13.2 Å². The number of allylic oxidation sites excluding steroid dienone is 2. The average Bonchev–Trinajstić information content (AvgIpc) is 2.42. The standard InChI is InChI=1S/C17H24F3O3P/c1-12(2)22-24(21,23-13(3)4)11-16(17(18,19)20)14(5)15-9-7-6-8-10-15/h6-10,12-13H,11H2,1-5H3/b16-14-. The minimum absolute atomic E-state index is 0.0167. The van der Waals surface area contributed by atoms with Crippen molar-refractivity contribution in [3.8, 4) is 0 Å². The molecule has 0 aliphatic rings. The molecule has 0 aromatic heterocycles. The quantitative estimate of drug-likeness (QED) is 0.551. The lowest BCUT2D eigenvalue weighted by Crippen LogP contribution is -2.20. The number of halogens is 3. The Bertz CT molecular complexity index is 593. The molecule has 0 saturated heterocycles. The Labute approximate surface area is 141 Å². The third-order valence-corrected chi connectivity index (χ3v) is 5.29. The molecule has 0 atom stereocenters. The van der Waals surface area contributed by atoms with E-state index >= 15 is 0 Å². The van der Waals surface area contributed by atoms with Crippen molar-refractivity contribution in [2.24, 2.45) is 0 Å². The van der Waals surface area contributed by atoms with Crippen LogP contribution in [0.5, 0.6) is 0 Å². The molecule has 0 radical (unpaired) electrons. The van der Waals surface area contributed by atoms with E-state index in [9.17, 15) is 17.7 Å². The highest BCUT2D eigenvalue weighted by molar-refractivity contribution is 7.54. The molecule has 0 aliphatic carbocycles. The molecule has 0 amide bonds. The van der Waals surface area contributed by atoms with Crippen LogP contribution in [0.25, 0.3) is 5.57 Å². The normalized spacial score (nSPS) is 14.2. The van der Waals surface area contributed by atoms with Gasteiger partial charge in [-0.15, -0.1) is 0 Å². The number of hydrogen-bond donors (Lipinski definition) is 0. The largest absolute Gasteiger partial charge is 0.413 e. The lowest BCUT2D eigenvalue weighted by Gasteiger charge is -2.25. The van der Waals surface area contributed by atoms with Gasteiger partial charge < -0.3 is 9.05 Å². The van der Waals surface area contributed by atoms with E-state index in [4.69, 9.17) is 9.05 Å². The molecule has 0 fully saturated rings. The highest BCUT2D eigenvalue weighted by Gasteiger charge is 2.42. The molecule has 136 valence electrons. The Morgan fingerprint density at radius 2 is 1.50 bits per heavy atom. The Kier molecular flexibility index (Phi) is 7.26. The van der Waals surface area contributed by atoms with Gasteiger partial charge in [0.2, 0.25) is 0 Å². The maximum Gasteiger partial charge on any atom is 0.413 e. The Hall–Kier alpha value is -1.10. The molecule has 0 aliphatic heterocycles. The molecule has 0 saturated carbocycles. The average molecular weight is 364 g/mol. The van der Waals surface area contributed by atoms with E-state index in [1.54, 1.807) is 58.0 Å². The lowest BCUT2D eigenvalue weighted by molar-refractivity contribution is -0.0910. The summed E-state index contributed by atoms with van der Waals surface area (Å²) in [4.78, 5) is 0. The topological polar surface area (TPSA) is 35.5 Å². The van der Waals surface area contributed by atoms with Gasteiger partial charge >= 0.3 is 13.8 Å². The van der Waals surface area contributed by atoms with Crippen molar-refractivity contribution in [2.75, 3.05) is 6.16 Å². The summed E-state index contributed by atoms with van der Waals surface area (Å²) in [6, 6.07) is 8.19. The van der Waals surface area contributed by atoms with Crippen LogP contribution in [0.3, 0.4) is 0 Å². The van der Waals surface area contributed by atoms with E-state index in [1.807, 2.05) is 0 Å². The van der Waals surface area contributed by atoms with E-state index in [2.05, 4.69) is 0 Å². The van der Waals surface area contributed by atoms with E-state index < -0.39 is 37.7 Å². The van der Waals surface area contributed by atoms with Crippen LogP contribution in [0.1, 0.15) is 40.2 Å². The van der Waals surface area contributed by atoms with Crippen molar-refractivity contribution in [3.05, 3.63) is 41.5 Å². The first-order chi connectivity index (χ1) is 10.9. The van der Waals surface area contributed by atoms with E-state index in [0.29, 0.717) is 5.56 Å². The molecule has 0 N–H and O–H groups in total.